The number of carbonyl (C=O) groups is 1. The van der Waals surface area contributed by atoms with Crippen LogP contribution in [0, 0.1) is 0 Å². The number of tetrazole rings is 1. The van der Waals surface area contributed by atoms with Gasteiger partial charge in [-0.25, -0.2) is 0 Å². The Balaban J connectivity index is 1.52. The molecule has 8 heteroatoms. The number of benzene rings is 2. The molecule has 1 amide bonds. The molecule has 1 atom stereocenters. The van der Waals surface area contributed by atoms with Crippen LogP contribution in [0.2, 0.25) is 5.02 Å². The van der Waals surface area contributed by atoms with Gasteiger partial charge in [-0.2, -0.15) is 4.80 Å². The van der Waals surface area contributed by atoms with Crippen molar-refractivity contribution >= 4 is 28.8 Å². The highest BCUT2D eigenvalue weighted by Crippen LogP contribution is 2.24. The lowest BCUT2D eigenvalue weighted by Gasteiger charge is -2.19. The molecule has 2 heterocycles. The van der Waals surface area contributed by atoms with Gasteiger partial charge in [0.2, 0.25) is 11.7 Å². The molecule has 0 aliphatic rings. The van der Waals surface area contributed by atoms with Gasteiger partial charge < -0.3 is 5.32 Å². The summed E-state index contributed by atoms with van der Waals surface area (Å²) in [5.41, 5.74) is 1.92. The third kappa shape index (κ3) is 4.27. The number of aromatic nitrogens is 4. The summed E-state index contributed by atoms with van der Waals surface area (Å²) in [5, 5.41) is 17.9. The zero-order chi connectivity index (χ0) is 19.3. The van der Waals surface area contributed by atoms with Gasteiger partial charge >= 0.3 is 0 Å². The number of thiophene rings is 1. The maximum atomic E-state index is 12.7. The average Bonchev–Trinajstić information content (AvgIpc) is 3.39. The van der Waals surface area contributed by atoms with E-state index < -0.39 is 0 Å². The number of halogens is 1. The molecule has 6 nitrogen and oxygen atoms in total. The molecule has 4 aromatic rings. The molecule has 1 N–H and O–H groups in total. The Labute approximate surface area is 170 Å². The second-order valence-corrected chi connectivity index (χ2v) is 7.47. The monoisotopic (exact) mass is 409 g/mol. The van der Waals surface area contributed by atoms with Gasteiger partial charge in [-0.15, -0.1) is 21.5 Å². The Hall–Kier alpha value is -3.03. The summed E-state index contributed by atoms with van der Waals surface area (Å²) in [5.74, 6) is 0.305. The highest BCUT2D eigenvalue weighted by Gasteiger charge is 2.18. The lowest BCUT2D eigenvalue weighted by molar-refractivity contribution is -0.122. The van der Waals surface area contributed by atoms with Crippen molar-refractivity contribution in [2.75, 3.05) is 0 Å². The van der Waals surface area contributed by atoms with Crippen LogP contribution < -0.4 is 5.32 Å². The molecular weight excluding hydrogens is 394 g/mol. The van der Waals surface area contributed by atoms with Crippen LogP contribution in [0.1, 0.15) is 17.2 Å². The summed E-state index contributed by atoms with van der Waals surface area (Å²) in [7, 11) is 0. The van der Waals surface area contributed by atoms with Gasteiger partial charge in [0.15, 0.2) is 0 Å². The first-order chi connectivity index (χ1) is 13.7. The highest BCUT2D eigenvalue weighted by molar-refractivity contribution is 7.13. The normalized spacial score (nSPS) is 11.9. The summed E-state index contributed by atoms with van der Waals surface area (Å²) in [4.78, 5) is 14.9. The Morgan fingerprint density at radius 3 is 2.50 bits per heavy atom. The fourth-order valence-electron chi connectivity index (χ4n) is 2.81. The number of hydrogen-bond acceptors (Lipinski definition) is 5. The molecule has 0 aliphatic carbocycles. The maximum absolute atomic E-state index is 12.7. The van der Waals surface area contributed by atoms with Crippen molar-refractivity contribution in [1.29, 1.82) is 0 Å². The topological polar surface area (TPSA) is 72.7 Å². The second kappa shape index (κ2) is 8.33. The minimum atomic E-state index is -0.300. The first-order valence-corrected chi connectivity index (χ1v) is 9.86. The SMILES string of the molecule is O=C(Cn1nnc(-c2cccs2)n1)NC(c1ccccc1)c1ccc(Cl)cc1. The Morgan fingerprint density at radius 2 is 1.79 bits per heavy atom. The van der Waals surface area contributed by atoms with Gasteiger partial charge in [0, 0.05) is 5.02 Å². The molecule has 2 aromatic heterocycles. The first kappa shape index (κ1) is 18.3. The van der Waals surface area contributed by atoms with Gasteiger partial charge in [0.25, 0.3) is 0 Å². The minimum Gasteiger partial charge on any atom is -0.344 e. The molecular formula is C20H16ClN5OS. The second-order valence-electron chi connectivity index (χ2n) is 6.08. The van der Waals surface area contributed by atoms with Crippen LogP contribution in [0.4, 0.5) is 0 Å². The molecule has 28 heavy (non-hydrogen) atoms. The Kier molecular flexibility index (Phi) is 5.45. The molecule has 0 aliphatic heterocycles. The lowest BCUT2D eigenvalue weighted by atomic mass is 9.99. The van der Waals surface area contributed by atoms with Gasteiger partial charge in [-0.1, -0.05) is 60.1 Å². The quantitative estimate of drug-likeness (QED) is 0.523. The van der Waals surface area contributed by atoms with Crippen LogP contribution in [-0.2, 0) is 11.3 Å². The molecule has 0 bridgehead atoms. The van der Waals surface area contributed by atoms with E-state index in [0.717, 1.165) is 16.0 Å². The number of amides is 1. The van der Waals surface area contributed by atoms with Crippen LogP contribution in [-0.4, -0.2) is 26.1 Å². The van der Waals surface area contributed by atoms with Crippen molar-refractivity contribution in [3.05, 3.63) is 88.3 Å². The van der Waals surface area contributed by atoms with E-state index in [4.69, 9.17) is 11.6 Å². The zero-order valence-electron chi connectivity index (χ0n) is 14.7. The van der Waals surface area contributed by atoms with Crippen LogP contribution >= 0.6 is 22.9 Å². The van der Waals surface area contributed by atoms with Crippen molar-refractivity contribution in [1.82, 2.24) is 25.5 Å². The molecule has 140 valence electrons. The van der Waals surface area contributed by atoms with Gasteiger partial charge in [0.1, 0.15) is 6.54 Å². The summed E-state index contributed by atoms with van der Waals surface area (Å²) in [6.45, 7) is -0.0186. The fourth-order valence-corrected chi connectivity index (χ4v) is 3.58. The third-order valence-corrected chi connectivity index (χ3v) is 5.24. The summed E-state index contributed by atoms with van der Waals surface area (Å²) < 4.78 is 0. The van der Waals surface area contributed by atoms with Crippen LogP contribution in [0.15, 0.2) is 72.1 Å². The fraction of sp³-hybridized carbons (Fsp3) is 0.100. The van der Waals surface area contributed by atoms with E-state index in [9.17, 15) is 4.79 Å². The molecule has 0 fully saturated rings. The predicted octanol–water partition coefficient (Wildman–Crippen LogP) is 3.96. The maximum Gasteiger partial charge on any atom is 0.244 e. The van der Waals surface area contributed by atoms with Crippen LogP contribution in [0.5, 0.6) is 0 Å². The van der Waals surface area contributed by atoms with Gasteiger partial charge in [0.05, 0.1) is 10.9 Å². The van der Waals surface area contributed by atoms with E-state index >= 15 is 0 Å². The Morgan fingerprint density at radius 1 is 1.04 bits per heavy atom. The lowest BCUT2D eigenvalue weighted by Crippen LogP contribution is -2.32. The molecule has 0 saturated heterocycles. The number of carbonyl (C=O) groups excluding carboxylic acids is 1. The van der Waals surface area contributed by atoms with Crippen molar-refractivity contribution in [2.45, 2.75) is 12.6 Å². The number of nitrogens with one attached hydrogen (secondary N) is 1. The number of hydrogen-bond donors (Lipinski definition) is 1. The van der Waals surface area contributed by atoms with E-state index in [1.807, 2.05) is 72.1 Å². The van der Waals surface area contributed by atoms with Crippen molar-refractivity contribution in [2.24, 2.45) is 0 Å². The highest BCUT2D eigenvalue weighted by atomic mass is 35.5. The van der Waals surface area contributed by atoms with E-state index in [1.54, 1.807) is 0 Å². The predicted molar refractivity (Wildman–Crippen MR) is 109 cm³/mol. The van der Waals surface area contributed by atoms with Gasteiger partial charge in [-0.3, -0.25) is 4.79 Å². The minimum absolute atomic E-state index is 0.0186. The Bertz CT molecular complexity index is 1050. The standard InChI is InChI=1S/C20H16ClN5OS/c21-16-10-8-15(9-11-16)19(14-5-2-1-3-6-14)22-18(27)13-26-24-20(23-25-26)17-7-4-12-28-17/h1-12,19H,13H2,(H,22,27). The smallest absolute Gasteiger partial charge is 0.244 e. The summed E-state index contributed by atoms with van der Waals surface area (Å²) >= 11 is 7.53. The van der Waals surface area contributed by atoms with Crippen molar-refractivity contribution in [3.63, 3.8) is 0 Å². The van der Waals surface area contributed by atoms with E-state index in [2.05, 4.69) is 20.7 Å². The summed E-state index contributed by atoms with van der Waals surface area (Å²) in [6.07, 6.45) is 0. The van der Waals surface area contributed by atoms with Crippen LogP contribution in [0.3, 0.4) is 0 Å². The van der Waals surface area contributed by atoms with Gasteiger partial charge in [-0.05, 0) is 39.9 Å². The molecule has 0 spiro atoms. The van der Waals surface area contributed by atoms with E-state index in [1.165, 1.54) is 16.1 Å². The molecule has 4 rings (SSSR count). The molecule has 2 aromatic carbocycles. The summed E-state index contributed by atoms with van der Waals surface area (Å²) in [6, 6.07) is 20.7. The van der Waals surface area contributed by atoms with E-state index in [-0.39, 0.29) is 18.5 Å². The molecule has 0 radical (unpaired) electrons. The van der Waals surface area contributed by atoms with Crippen molar-refractivity contribution in [3.8, 4) is 10.7 Å². The molecule has 0 saturated carbocycles. The van der Waals surface area contributed by atoms with Crippen LogP contribution in [0.25, 0.3) is 10.7 Å². The largest absolute Gasteiger partial charge is 0.344 e. The van der Waals surface area contributed by atoms with E-state index in [0.29, 0.717) is 10.8 Å². The number of rotatable bonds is 6. The average molecular weight is 410 g/mol. The van der Waals surface area contributed by atoms with Crippen molar-refractivity contribution < 1.29 is 4.79 Å². The number of nitrogens with zero attached hydrogens (tertiary/aromatic N) is 4. The third-order valence-electron chi connectivity index (χ3n) is 4.12. The zero-order valence-corrected chi connectivity index (χ0v) is 16.3. The molecule has 1 unspecified atom stereocenters. The first-order valence-electron chi connectivity index (χ1n) is 8.60.